The standard InChI is InChI=1S/C18H21N5OS/c1-17(2,3)13-6-5-11(8-21-13)14-12(7-19)15(20)23-9-18(4,24)10-25-16(23)22-14/h5-6,8,20,24H,9-10H2,1-4H3/t18-/m1/s1. The Labute approximate surface area is 151 Å². The maximum absolute atomic E-state index is 10.3. The minimum Gasteiger partial charge on any atom is -0.387 e. The lowest BCUT2D eigenvalue weighted by Gasteiger charge is -2.30. The molecule has 0 fully saturated rings. The monoisotopic (exact) mass is 355 g/mol. The minimum absolute atomic E-state index is 0.0578. The first-order valence-corrected chi connectivity index (χ1v) is 9.02. The van der Waals surface area contributed by atoms with Gasteiger partial charge in [0.2, 0.25) is 0 Å². The normalized spacial score (nSPS) is 20.0. The molecule has 3 rings (SSSR count). The zero-order valence-electron chi connectivity index (χ0n) is 14.8. The van der Waals surface area contributed by atoms with Crippen LogP contribution in [0.1, 0.15) is 39.0 Å². The van der Waals surface area contributed by atoms with Crippen LogP contribution in [0.3, 0.4) is 0 Å². The summed E-state index contributed by atoms with van der Waals surface area (Å²) in [5, 5.41) is 28.9. The van der Waals surface area contributed by atoms with Crippen molar-refractivity contribution in [1.82, 2.24) is 14.5 Å². The molecule has 0 spiro atoms. The SMILES string of the molecule is CC(C)(C)c1ccc(-c2nc3n(c(=N)c2C#N)C[C@@](C)(O)CS3)cn1. The van der Waals surface area contributed by atoms with Crippen LogP contribution in [0.4, 0.5) is 0 Å². The molecule has 2 aromatic heterocycles. The molecule has 0 bridgehead atoms. The molecule has 0 aromatic carbocycles. The molecule has 25 heavy (non-hydrogen) atoms. The van der Waals surface area contributed by atoms with Gasteiger partial charge >= 0.3 is 0 Å². The number of nitriles is 1. The molecule has 0 saturated carbocycles. The second kappa shape index (κ2) is 5.97. The number of nitrogens with zero attached hydrogens (tertiary/aromatic N) is 4. The van der Waals surface area contributed by atoms with Gasteiger partial charge in [-0.3, -0.25) is 10.4 Å². The lowest BCUT2D eigenvalue weighted by Crippen LogP contribution is -2.42. The zero-order chi connectivity index (χ0) is 18.4. The maximum Gasteiger partial charge on any atom is 0.170 e. The zero-order valence-corrected chi connectivity index (χ0v) is 15.6. The second-order valence-corrected chi connectivity index (χ2v) is 8.57. The first-order valence-electron chi connectivity index (χ1n) is 8.04. The van der Waals surface area contributed by atoms with E-state index >= 15 is 0 Å². The Kier molecular flexibility index (Phi) is 4.21. The molecule has 2 aromatic rings. The van der Waals surface area contributed by atoms with E-state index in [1.165, 1.54) is 11.8 Å². The molecule has 0 radical (unpaired) electrons. The average Bonchev–Trinajstić information content (AvgIpc) is 2.54. The number of rotatable bonds is 1. The molecular formula is C18H21N5OS. The number of aromatic nitrogens is 3. The van der Waals surface area contributed by atoms with Crippen molar-refractivity contribution in [2.24, 2.45) is 0 Å². The van der Waals surface area contributed by atoms with E-state index in [4.69, 9.17) is 5.41 Å². The fourth-order valence-corrected chi connectivity index (χ4v) is 3.71. The van der Waals surface area contributed by atoms with Gasteiger partial charge in [0.05, 0.1) is 17.8 Å². The highest BCUT2D eigenvalue weighted by molar-refractivity contribution is 7.99. The van der Waals surface area contributed by atoms with Crippen molar-refractivity contribution in [2.45, 2.75) is 50.4 Å². The van der Waals surface area contributed by atoms with Gasteiger partial charge in [0, 0.05) is 28.6 Å². The number of fused-ring (bicyclic) bond motifs is 1. The van der Waals surface area contributed by atoms with Crippen LogP contribution in [0.2, 0.25) is 0 Å². The highest BCUT2D eigenvalue weighted by atomic mass is 32.2. The van der Waals surface area contributed by atoms with Gasteiger partial charge in [-0.05, 0) is 19.1 Å². The van der Waals surface area contributed by atoms with Crippen molar-refractivity contribution in [3.8, 4) is 17.3 Å². The van der Waals surface area contributed by atoms with E-state index in [2.05, 4.69) is 36.8 Å². The largest absolute Gasteiger partial charge is 0.387 e. The summed E-state index contributed by atoms with van der Waals surface area (Å²) in [6, 6.07) is 5.93. The quantitative estimate of drug-likeness (QED) is 0.766. The Morgan fingerprint density at radius 2 is 2.12 bits per heavy atom. The number of pyridine rings is 1. The Morgan fingerprint density at radius 1 is 1.40 bits per heavy atom. The molecule has 1 aliphatic rings. The van der Waals surface area contributed by atoms with Gasteiger partial charge in [0.15, 0.2) is 5.16 Å². The van der Waals surface area contributed by atoms with Crippen molar-refractivity contribution in [2.75, 3.05) is 5.75 Å². The summed E-state index contributed by atoms with van der Waals surface area (Å²) >= 11 is 1.40. The number of aliphatic hydroxyl groups is 1. The van der Waals surface area contributed by atoms with Crippen LogP contribution in [0.5, 0.6) is 0 Å². The molecule has 1 aliphatic heterocycles. The fourth-order valence-electron chi connectivity index (χ4n) is 2.71. The molecule has 2 N–H and O–H groups in total. The average molecular weight is 355 g/mol. The minimum atomic E-state index is -0.913. The first kappa shape index (κ1) is 17.6. The third kappa shape index (κ3) is 3.32. The number of nitrogens with one attached hydrogen (secondary N) is 1. The predicted octanol–water partition coefficient (Wildman–Crippen LogP) is 2.45. The fraction of sp³-hybridized carbons (Fsp3) is 0.444. The van der Waals surface area contributed by atoms with Crippen molar-refractivity contribution < 1.29 is 5.11 Å². The smallest absolute Gasteiger partial charge is 0.170 e. The molecule has 6 nitrogen and oxygen atoms in total. The third-order valence-corrected chi connectivity index (χ3v) is 5.45. The van der Waals surface area contributed by atoms with Crippen molar-refractivity contribution in [3.63, 3.8) is 0 Å². The summed E-state index contributed by atoms with van der Waals surface area (Å²) in [6.07, 6.45) is 1.71. The summed E-state index contributed by atoms with van der Waals surface area (Å²) in [5.74, 6) is 0.506. The number of hydrogen-bond donors (Lipinski definition) is 2. The van der Waals surface area contributed by atoms with Crippen molar-refractivity contribution >= 4 is 11.8 Å². The Hall–Kier alpha value is -2.17. The van der Waals surface area contributed by atoms with Crippen LogP contribution in [-0.2, 0) is 12.0 Å². The Bertz CT molecular complexity index is 917. The van der Waals surface area contributed by atoms with E-state index in [1.54, 1.807) is 17.7 Å². The van der Waals surface area contributed by atoms with Crippen LogP contribution in [-0.4, -0.2) is 31.0 Å². The van der Waals surface area contributed by atoms with Crippen LogP contribution in [0.15, 0.2) is 23.5 Å². The van der Waals surface area contributed by atoms with Gasteiger partial charge in [-0.15, -0.1) is 0 Å². The molecule has 3 heterocycles. The molecule has 0 saturated heterocycles. The van der Waals surface area contributed by atoms with Gasteiger partial charge in [-0.1, -0.05) is 32.5 Å². The van der Waals surface area contributed by atoms with Crippen molar-refractivity contribution in [1.29, 1.82) is 10.7 Å². The third-order valence-electron chi connectivity index (χ3n) is 4.11. The molecule has 0 unspecified atom stereocenters. The molecule has 7 heteroatoms. The van der Waals surface area contributed by atoms with Crippen LogP contribution in [0.25, 0.3) is 11.3 Å². The Balaban J connectivity index is 2.14. The summed E-state index contributed by atoms with van der Waals surface area (Å²) in [5.41, 5.74) is 1.46. The van der Waals surface area contributed by atoms with E-state index in [0.29, 0.717) is 16.6 Å². The summed E-state index contributed by atoms with van der Waals surface area (Å²) in [6.45, 7) is 8.26. The predicted molar refractivity (Wildman–Crippen MR) is 96.1 cm³/mol. The summed E-state index contributed by atoms with van der Waals surface area (Å²) in [7, 11) is 0. The highest BCUT2D eigenvalue weighted by Gasteiger charge is 2.30. The highest BCUT2D eigenvalue weighted by Crippen LogP contribution is 2.30. The molecule has 1 atom stereocenters. The number of thioether (sulfide) groups is 1. The van der Waals surface area contributed by atoms with Gasteiger partial charge in [0.1, 0.15) is 17.1 Å². The van der Waals surface area contributed by atoms with Gasteiger partial charge in [-0.25, -0.2) is 4.98 Å². The van der Waals surface area contributed by atoms with E-state index in [-0.39, 0.29) is 23.0 Å². The van der Waals surface area contributed by atoms with Crippen LogP contribution in [0, 0.1) is 16.7 Å². The summed E-state index contributed by atoms with van der Waals surface area (Å²) < 4.78 is 1.60. The first-order chi connectivity index (χ1) is 11.6. The molecule has 130 valence electrons. The number of hydrogen-bond acceptors (Lipinski definition) is 6. The summed E-state index contributed by atoms with van der Waals surface area (Å²) in [4.78, 5) is 9.11. The van der Waals surface area contributed by atoms with Crippen LogP contribution >= 0.6 is 11.8 Å². The van der Waals surface area contributed by atoms with Crippen molar-refractivity contribution in [3.05, 3.63) is 35.1 Å². The van der Waals surface area contributed by atoms with Gasteiger partial charge < -0.3 is 9.67 Å². The molecule has 0 aliphatic carbocycles. The maximum atomic E-state index is 10.3. The lowest BCUT2D eigenvalue weighted by atomic mass is 9.91. The van der Waals surface area contributed by atoms with E-state index < -0.39 is 5.60 Å². The Morgan fingerprint density at radius 3 is 2.68 bits per heavy atom. The van der Waals surface area contributed by atoms with E-state index in [1.807, 2.05) is 12.1 Å². The molecular weight excluding hydrogens is 334 g/mol. The van der Waals surface area contributed by atoms with E-state index in [9.17, 15) is 10.4 Å². The lowest BCUT2D eigenvalue weighted by molar-refractivity contribution is 0.0575. The van der Waals surface area contributed by atoms with E-state index in [0.717, 1.165) is 11.3 Å². The van der Waals surface area contributed by atoms with Crippen LogP contribution < -0.4 is 5.49 Å². The van der Waals surface area contributed by atoms with Gasteiger partial charge in [-0.2, -0.15) is 5.26 Å². The second-order valence-electron chi connectivity index (χ2n) is 7.63. The van der Waals surface area contributed by atoms with Gasteiger partial charge in [0.25, 0.3) is 0 Å². The molecule has 0 amide bonds. The topological polar surface area (TPSA) is 98.6 Å².